The van der Waals surface area contributed by atoms with Crippen LogP contribution in [-0.4, -0.2) is 15.7 Å². The van der Waals surface area contributed by atoms with Crippen LogP contribution in [0, 0.1) is 0 Å². The summed E-state index contributed by atoms with van der Waals surface area (Å²) in [6.07, 6.45) is 3.75. The second-order valence-electron chi connectivity index (χ2n) is 5.37. The van der Waals surface area contributed by atoms with E-state index in [-0.39, 0.29) is 5.91 Å². The number of carbonyl (C=O) groups is 1. The molecule has 0 bridgehead atoms. The predicted molar refractivity (Wildman–Crippen MR) is 99.3 cm³/mol. The largest absolute Gasteiger partial charge is 0.323 e. The molecule has 0 unspecified atom stereocenters. The first kappa shape index (κ1) is 16.7. The van der Waals surface area contributed by atoms with E-state index >= 15 is 0 Å². The Morgan fingerprint density at radius 2 is 1.92 bits per heavy atom. The zero-order chi connectivity index (χ0) is 16.9. The second kappa shape index (κ2) is 7.64. The summed E-state index contributed by atoms with van der Waals surface area (Å²) < 4.78 is 2.74. The molecule has 0 spiro atoms. The van der Waals surface area contributed by atoms with Crippen LogP contribution in [-0.2, 0) is 17.8 Å². The van der Waals surface area contributed by atoms with Gasteiger partial charge in [-0.1, -0.05) is 57.9 Å². The van der Waals surface area contributed by atoms with Crippen LogP contribution >= 0.6 is 27.5 Å². The molecule has 3 rings (SSSR count). The van der Waals surface area contributed by atoms with E-state index in [1.54, 1.807) is 17.1 Å². The molecule has 0 atom stereocenters. The predicted octanol–water partition coefficient (Wildman–Crippen LogP) is 4.53. The molecule has 1 amide bonds. The number of halogens is 2. The molecule has 0 radical (unpaired) electrons. The monoisotopic (exact) mass is 403 g/mol. The molecule has 0 fully saturated rings. The molecule has 6 heteroatoms. The number of nitrogens with one attached hydrogen (secondary N) is 1. The van der Waals surface area contributed by atoms with E-state index < -0.39 is 0 Å². The van der Waals surface area contributed by atoms with Gasteiger partial charge in [-0.15, -0.1) is 0 Å². The summed E-state index contributed by atoms with van der Waals surface area (Å²) >= 11 is 9.53. The molecule has 0 aliphatic heterocycles. The minimum Gasteiger partial charge on any atom is -0.323 e. The lowest BCUT2D eigenvalue weighted by Gasteiger charge is -2.04. The first-order valence-electron chi connectivity index (χ1n) is 7.40. The molecule has 0 saturated carbocycles. The van der Waals surface area contributed by atoms with Crippen LogP contribution in [0.4, 0.5) is 5.69 Å². The molecule has 1 N–H and O–H groups in total. The summed E-state index contributed by atoms with van der Waals surface area (Å²) in [5.41, 5.74) is 2.61. The van der Waals surface area contributed by atoms with Crippen molar-refractivity contribution in [3.05, 3.63) is 81.5 Å². The van der Waals surface area contributed by atoms with Gasteiger partial charge in [0.1, 0.15) is 0 Å². The Kier molecular flexibility index (Phi) is 5.33. The highest BCUT2D eigenvalue weighted by atomic mass is 79.9. The summed E-state index contributed by atoms with van der Waals surface area (Å²) in [6, 6.07) is 15.3. The van der Waals surface area contributed by atoms with Crippen molar-refractivity contribution in [2.24, 2.45) is 0 Å². The fourth-order valence-corrected chi connectivity index (χ4v) is 2.77. The van der Waals surface area contributed by atoms with Crippen LogP contribution in [0.25, 0.3) is 0 Å². The van der Waals surface area contributed by atoms with Crippen LogP contribution < -0.4 is 5.32 Å². The molecule has 122 valence electrons. The van der Waals surface area contributed by atoms with Crippen molar-refractivity contribution in [2.45, 2.75) is 13.0 Å². The quantitative estimate of drug-likeness (QED) is 0.679. The van der Waals surface area contributed by atoms with Gasteiger partial charge in [-0.3, -0.25) is 9.48 Å². The molecular weight excluding hydrogens is 390 g/mol. The topological polar surface area (TPSA) is 46.9 Å². The zero-order valence-corrected chi connectivity index (χ0v) is 15.1. The van der Waals surface area contributed by atoms with Crippen molar-refractivity contribution in [3.8, 4) is 0 Å². The Morgan fingerprint density at radius 1 is 1.17 bits per heavy atom. The van der Waals surface area contributed by atoms with Gasteiger partial charge in [-0.25, -0.2) is 0 Å². The second-order valence-corrected chi connectivity index (χ2v) is 6.69. The standard InChI is InChI=1S/C18H15BrClN3O/c19-15-7-5-13(6-8-15)9-18(24)22-16-10-21-23(12-16)11-14-3-1-2-4-17(14)20/h1-8,10,12H,9,11H2,(H,22,24). The molecule has 3 aromatic rings. The van der Waals surface area contributed by atoms with Gasteiger partial charge in [-0.2, -0.15) is 5.10 Å². The van der Waals surface area contributed by atoms with E-state index in [2.05, 4.69) is 26.3 Å². The van der Waals surface area contributed by atoms with Crippen molar-refractivity contribution in [1.29, 1.82) is 0 Å². The number of anilines is 1. The number of benzene rings is 2. The highest BCUT2D eigenvalue weighted by molar-refractivity contribution is 9.10. The summed E-state index contributed by atoms with van der Waals surface area (Å²) in [7, 11) is 0. The smallest absolute Gasteiger partial charge is 0.228 e. The van der Waals surface area contributed by atoms with E-state index in [4.69, 9.17) is 11.6 Å². The van der Waals surface area contributed by atoms with Crippen molar-refractivity contribution in [2.75, 3.05) is 5.32 Å². The maximum Gasteiger partial charge on any atom is 0.228 e. The number of aromatic nitrogens is 2. The molecule has 2 aromatic carbocycles. The highest BCUT2D eigenvalue weighted by Gasteiger charge is 2.07. The SMILES string of the molecule is O=C(Cc1ccc(Br)cc1)Nc1cnn(Cc2ccccc2Cl)c1. The third-order valence-electron chi connectivity index (χ3n) is 3.49. The third kappa shape index (κ3) is 4.46. The molecule has 0 aliphatic carbocycles. The minimum atomic E-state index is -0.0744. The van der Waals surface area contributed by atoms with Crippen LogP contribution in [0.15, 0.2) is 65.4 Å². The molecule has 0 saturated heterocycles. The maximum absolute atomic E-state index is 12.1. The summed E-state index contributed by atoms with van der Waals surface area (Å²) in [4.78, 5) is 12.1. The van der Waals surface area contributed by atoms with Gasteiger partial charge in [0.2, 0.25) is 5.91 Å². The molecular formula is C18H15BrClN3O. The lowest BCUT2D eigenvalue weighted by atomic mass is 10.1. The molecule has 1 heterocycles. The van der Waals surface area contributed by atoms with Crippen molar-refractivity contribution in [1.82, 2.24) is 9.78 Å². The first-order valence-corrected chi connectivity index (χ1v) is 8.57. The fourth-order valence-electron chi connectivity index (χ4n) is 2.31. The van der Waals surface area contributed by atoms with Gasteiger partial charge < -0.3 is 5.32 Å². The highest BCUT2D eigenvalue weighted by Crippen LogP contribution is 2.17. The Labute approximate surface area is 153 Å². The average molecular weight is 405 g/mol. The number of amides is 1. The van der Waals surface area contributed by atoms with Crippen LogP contribution in [0.1, 0.15) is 11.1 Å². The van der Waals surface area contributed by atoms with Crippen molar-refractivity contribution in [3.63, 3.8) is 0 Å². The van der Waals surface area contributed by atoms with Gasteiger partial charge in [-0.05, 0) is 29.3 Å². The van der Waals surface area contributed by atoms with Crippen molar-refractivity contribution >= 4 is 39.1 Å². The van der Waals surface area contributed by atoms with E-state index in [0.717, 1.165) is 15.6 Å². The Morgan fingerprint density at radius 3 is 2.67 bits per heavy atom. The molecule has 24 heavy (non-hydrogen) atoms. The Bertz CT molecular complexity index is 845. The fraction of sp³-hybridized carbons (Fsp3) is 0.111. The van der Waals surface area contributed by atoms with E-state index in [1.807, 2.05) is 48.5 Å². The van der Waals surface area contributed by atoms with E-state index in [1.165, 1.54) is 0 Å². The zero-order valence-electron chi connectivity index (χ0n) is 12.7. The lowest BCUT2D eigenvalue weighted by molar-refractivity contribution is -0.115. The normalized spacial score (nSPS) is 10.6. The number of rotatable bonds is 5. The molecule has 4 nitrogen and oxygen atoms in total. The van der Waals surface area contributed by atoms with E-state index in [9.17, 15) is 4.79 Å². The van der Waals surface area contributed by atoms with Crippen LogP contribution in [0.5, 0.6) is 0 Å². The summed E-state index contributed by atoms with van der Waals surface area (Å²) in [5.74, 6) is -0.0744. The minimum absolute atomic E-state index is 0.0744. The Balaban J connectivity index is 1.60. The van der Waals surface area contributed by atoms with Gasteiger partial charge >= 0.3 is 0 Å². The van der Waals surface area contributed by atoms with Gasteiger partial charge in [0, 0.05) is 15.7 Å². The number of carbonyl (C=O) groups excluding carboxylic acids is 1. The lowest BCUT2D eigenvalue weighted by Crippen LogP contribution is -2.13. The summed E-state index contributed by atoms with van der Waals surface area (Å²) in [6.45, 7) is 0.558. The maximum atomic E-state index is 12.1. The van der Waals surface area contributed by atoms with Gasteiger partial charge in [0.15, 0.2) is 0 Å². The Hall–Kier alpha value is -2.11. The van der Waals surface area contributed by atoms with Gasteiger partial charge in [0.05, 0.1) is 24.8 Å². The molecule has 1 aromatic heterocycles. The summed E-state index contributed by atoms with van der Waals surface area (Å²) in [5, 5.41) is 7.82. The van der Waals surface area contributed by atoms with Crippen LogP contribution in [0.2, 0.25) is 5.02 Å². The number of hydrogen-bond donors (Lipinski definition) is 1. The average Bonchev–Trinajstić information content (AvgIpc) is 2.99. The number of hydrogen-bond acceptors (Lipinski definition) is 2. The third-order valence-corrected chi connectivity index (χ3v) is 4.38. The molecule has 0 aliphatic rings. The number of nitrogens with zero attached hydrogens (tertiary/aromatic N) is 2. The van der Waals surface area contributed by atoms with Crippen molar-refractivity contribution < 1.29 is 4.79 Å². The van der Waals surface area contributed by atoms with E-state index in [0.29, 0.717) is 23.7 Å². The van der Waals surface area contributed by atoms with Crippen LogP contribution in [0.3, 0.4) is 0 Å². The van der Waals surface area contributed by atoms with Gasteiger partial charge in [0.25, 0.3) is 0 Å². The first-order chi connectivity index (χ1) is 11.6.